The number of nitrogen functional groups attached to an aromatic ring is 1. The Morgan fingerprint density at radius 3 is 2.76 bits per heavy atom. The first kappa shape index (κ1) is 10.6. The lowest BCUT2D eigenvalue weighted by Gasteiger charge is -2.44. The van der Waals surface area contributed by atoms with Crippen LogP contribution in [0.1, 0.15) is 31.7 Å². The minimum atomic E-state index is 0.277. The Morgan fingerprint density at radius 1 is 1.29 bits per heavy atom. The number of benzene rings is 1. The van der Waals surface area contributed by atoms with Crippen molar-refractivity contribution in [3.8, 4) is 0 Å². The summed E-state index contributed by atoms with van der Waals surface area (Å²) in [6.07, 6.45) is 3.73. The summed E-state index contributed by atoms with van der Waals surface area (Å²) in [6.45, 7) is 2.24. The van der Waals surface area contributed by atoms with Gasteiger partial charge in [-0.1, -0.05) is 6.92 Å². The molecule has 1 saturated carbocycles. The van der Waals surface area contributed by atoms with Gasteiger partial charge in [0.05, 0.1) is 0 Å². The summed E-state index contributed by atoms with van der Waals surface area (Å²) in [5.41, 5.74) is 8.91. The standard InChI is InChI=1S/C14H18N2O/c1-9-6-12(7-9)16-13-4-3-11(15)8-10(13)2-5-14(16)17/h3-4,8-9,12H,2,5-7,15H2,1H3. The molecular weight excluding hydrogens is 212 g/mol. The van der Waals surface area contributed by atoms with Gasteiger partial charge in [-0.15, -0.1) is 0 Å². The van der Waals surface area contributed by atoms with Gasteiger partial charge in [0.2, 0.25) is 5.91 Å². The maximum absolute atomic E-state index is 12.1. The third-order valence-corrected chi connectivity index (χ3v) is 3.95. The zero-order valence-electron chi connectivity index (χ0n) is 10.1. The van der Waals surface area contributed by atoms with Gasteiger partial charge in [0.1, 0.15) is 0 Å². The van der Waals surface area contributed by atoms with Gasteiger partial charge in [-0.25, -0.2) is 0 Å². The zero-order valence-corrected chi connectivity index (χ0v) is 10.1. The molecule has 0 spiro atoms. The number of carbonyl (C=O) groups is 1. The Bertz CT molecular complexity index is 463. The van der Waals surface area contributed by atoms with Crippen molar-refractivity contribution in [1.29, 1.82) is 0 Å². The number of nitrogens with zero attached hydrogens (tertiary/aromatic N) is 1. The SMILES string of the molecule is CC1CC(N2C(=O)CCc3cc(N)ccc32)C1. The molecule has 3 rings (SSSR count). The number of anilines is 2. The largest absolute Gasteiger partial charge is 0.399 e. The molecule has 17 heavy (non-hydrogen) atoms. The molecule has 1 heterocycles. The molecule has 0 unspecified atom stereocenters. The van der Waals surface area contributed by atoms with E-state index in [0.717, 1.165) is 36.6 Å². The molecule has 0 bridgehead atoms. The van der Waals surface area contributed by atoms with Crippen molar-refractivity contribution >= 4 is 17.3 Å². The van der Waals surface area contributed by atoms with E-state index in [1.807, 2.05) is 23.1 Å². The molecule has 0 saturated heterocycles. The van der Waals surface area contributed by atoms with Gasteiger partial charge in [0, 0.05) is 23.8 Å². The van der Waals surface area contributed by atoms with Crippen LogP contribution in [0.25, 0.3) is 0 Å². The van der Waals surface area contributed by atoms with Crippen LogP contribution in [0.5, 0.6) is 0 Å². The van der Waals surface area contributed by atoms with Gasteiger partial charge in [-0.2, -0.15) is 0 Å². The predicted octanol–water partition coefficient (Wildman–Crippen LogP) is 2.35. The van der Waals surface area contributed by atoms with E-state index < -0.39 is 0 Å². The number of nitrogens with two attached hydrogens (primary N) is 1. The number of fused-ring (bicyclic) bond motifs is 1. The minimum absolute atomic E-state index is 0.277. The number of amides is 1. The van der Waals surface area contributed by atoms with E-state index in [4.69, 9.17) is 5.73 Å². The lowest BCUT2D eigenvalue weighted by Crippen LogP contribution is -2.49. The van der Waals surface area contributed by atoms with Crippen molar-refractivity contribution in [3.05, 3.63) is 23.8 Å². The van der Waals surface area contributed by atoms with E-state index in [9.17, 15) is 4.79 Å². The second kappa shape index (κ2) is 3.76. The number of hydrogen-bond donors (Lipinski definition) is 1. The van der Waals surface area contributed by atoms with E-state index in [1.54, 1.807) is 0 Å². The maximum Gasteiger partial charge on any atom is 0.227 e. The fourth-order valence-electron chi connectivity index (χ4n) is 3.01. The number of hydrogen-bond acceptors (Lipinski definition) is 2. The van der Waals surface area contributed by atoms with Crippen molar-refractivity contribution in [2.45, 2.75) is 38.6 Å². The molecule has 90 valence electrons. The summed E-state index contributed by atoms with van der Waals surface area (Å²) in [7, 11) is 0. The highest BCUT2D eigenvalue weighted by atomic mass is 16.2. The smallest absolute Gasteiger partial charge is 0.227 e. The Morgan fingerprint density at radius 2 is 2.06 bits per heavy atom. The van der Waals surface area contributed by atoms with Crippen LogP contribution in [0, 0.1) is 5.92 Å². The third-order valence-electron chi connectivity index (χ3n) is 3.95. The lowest BCUT2D eigenvalue weighted by atomic mass is 9.79. The Labute approximate surface area is 102 Å². The van der Waals surface area contributed by atoms with Gasteiger partial charge < -0.3 is 10.6 Å². The van der Waals surface area contributed by atoms with Crippen LogP contribution >= 0.6 is 0 Å². The van der Waals surface area contributed by atoms with Crippen LogP contribution in [0.3, 0.4) is 0 Å². The summed E-state index contributed by atoms with van der Waals surface area (Å²) in [6, 6.07) is 6.33. The van der Waals surface area contributed by atoms with Gasteiger partial charge in [-0.05, 0) is 48.9 Å². The average Bonchev–Trinajstić information content (AvgIpc) is 2.26. The summed E-state index contributed by atoms with van der Waals surface area (Å²) in [5, 5.41) is 0. The highest BCUT2D eigenvalue weighted by molar-refractivity contribution is 5.97. The van der Waals surface area contributed by atoms with Gasteiger partial charge in [0.15, 0.2) is 0 Å². The fourth-order valence-corrected chi connectivity index (χ4v) is 3.01. The molecule has 0 aromatic heterocycles. The van der Waals surface area contributed by atoms with Crippen molar-refractivity contribution in [2.24, 2.45) is 5.92 Å². The monoisotopic (exact) mass is 230 g/mol. The van der Waals surface area contributed by atoms with Gasteiger partial charge >= 0.3 is 0 Å². The topological polar surface area (TPSA) is 46.3 Å². The van der Waals surface area contributed by atoms with Crippen LogP contribution in [-0.4, -0.2) is 11.9 Å². The molecule has 0 atom stereocenters. The van der Waals surface area contributed by atoms with Gasteiger partial charge in [0.25, 0.3) is 0 Å². The molecular formula is C14H18N2O. The third kappa shape index (κ3) is 1.70. The van der Waals surface area contributed by atoms with Crippen LogP contribution in [0.15, 0.2) is 18.2 Å². The molecule has 3 nitrogen and oxygen atoms in total. The van der Waals surface area contributed by atoms with Crippen molar-refractivity contribution in [2.75, 3.05) is 10.6 Å². The summed E-state index contributed by atoms with van der Waals surface area (Å²) in [5.74, 6) is 1.03. The molecule has 1 aliphatic heterocycles. The molecule has 1 amide bonds. The van der Waals surface area contributed by atoms with Crippen LogP contribution < -0.4 is 10.6 Å². The van der Waals surface area contributed by atoms with Crippen molar-refractivity contribution < 1.29 is 4.79 Å². The summed E-state index contributed by atoms with van der Waals surface area (Å²) >= 11 is 0. The van der Waals surface area contributed by atoms with E-state index >= 15 is 0 Å². The first-order valence-corrected chi connectivity index (χ1v) is 6.35. The molecule has 2 N–H and O–H groups in total. The van der Waals surface area contributed by atoms with E-state index in [1.165, 1.54) is 5.56 Å². The van der Waals surface area contributed by atoms with E-state index in [0.29, 0.717) is 12.5 Å². The second-order valence-corrected chi connectivity index (χ2v) is 5.38. The Hall–Kier alpha value is -1.51. The lowest BCUT2D eigenvalue weighted by molar-refractivity contribution is -0.119. The predicted molar refractivity (Wildman–Crippen MR) is 68.8 cm³/mol. The zero-order chi connectivity index (χ0) is 12.0. The first-order valence-electron chi connectivity index (χ1n) is 6.35. The Balaban J connectivity index is 1.96. The maximum atomic E-state index is 12.1. The molecule has 2 aliphatic rings. The quantitative estimate of drug-likeness (QED) is 0.753. The Kier molecular flexibility index (Phi) is 2.35. The molecule has 0 radical (unpaired) electrons. The van der Waals surface area contributed by atoms with Crippen molar-refractivity contribution in [3.63, 3.8) is 0 Å². The van der Waals surface area contributed by atoms with Crippen molar-refractivity contribution in [1.82, 2.24) is 0 Å². The average molecular weight is 230 g/mol. The molecule has 1 aromatic rings. The minimum Gasteiger partial charge on any atom is -0.399 e. The number of rotatable bonds is 1. The van der Waals surface area contributed by atoms with Crippen LogP contribution in [-0.2, 0) is 11.2 Å². The first-order chi connectivity index (χ1) is 8.15. The van der Waals surface area contributed by atoms with Crippen LogP contribution in [0.4, 0.5) is 11.4 Å². The van der Waals surface area contributed by atoms with E-state index in [2.05, 4.69) is 6.92 Å². The molecule has 1 aromatic carbocycles. The normalized spacial score (nSPS) is 27.6. The molecule has 3 heteroatoms. The highest BCUT2D eigenvalue weighted by Crippen LogP contribution is 2.38. The summed E-state index contributed by atoms with van der Waals surface area (Å²) < 4.78 is 0. The summed E-state index contributed by atoms with van der Waals surface area (Å²) in [4.78, 5) is 14.1. The van der Waals surface area contributed by atoms with Crippen LogP contribution in [0.2, 0.25) is 0 Å². The van der Waals surface area contributed by atoms with E-state index in [-0.39, 0.29) is 5.91 Å². The second-order valence-electron chi connectivity index (χ2n) is 5.38. The highest BCUT2D eigenvalue weighted by Gasteiger charge is 2.36. The fraction of sp³-hybridized carbons (Fsp3) is 0.500. The van der Waals surface area contributed by atoms with Gasteiger partial charge in [-0.3, -0.25) is 4.79 Å². The number of aryl methyl sites for hydroxylation is 1. The molecule has 1 aliphatic carbocycles. The molecule has 1 fully saturated rings. The number of carbonyl (C=O) groups excluding carboxylic acids is 1.